The van der Waals surface area contributed by atoms with Gasteiger partial charge in [0.05, 0.1) is 15.9 Å². The van der Waals surface area contributed by atoms with Gasteiger partial charge in [-0.1, -0.05) is 12.0 Å². The van der Waals surface area contributed by atoms with Crippen molar-refractivity contribution in [2.45, 2.75) is 32.6 Å². The van der Waals surface area contributed by atoms with Crippen molar-refractivity contribution in [3.8, 4) is 11.8 Å². The topological polar surface area (TPSA) is 111 Å². The lowest BCUT2D eigenvalue weighted by Gasteiger charge is -2.05. The molecule has 1 aromatic carbocycles. The van der Waals surface area contributed by atoms with Gasteiger partial charge >= 0.3 is 5.69 Å². The van der Waals surface area contributed by atoms with Crippen LogP contribution in [0.4, 0.5) is 17.1 Å². The van der Waals surface area contributed by atoms with E-state index < -0.39 is 15.5 Å². The SMILES string of the molecule is C/C(C#CC1=CCCCC1)=N/Nc1ccc([N+](=O)[O-])cc1[N+](=O)[O-]. The summed E-state index contributed by atoms with van der Waals surface area (Å²) < 4.78 is 0. The van der Waals surface area contributed by atoms with Gasteiger partial charge in [0.2, 0.25) is 0 Å². The Bertz CT molecular complexity index is 787. The number of hydrazone groups is 1. The number of hydrogen-bond acceptors (Lipinski definition) is 6. The van der Waals surface area contributed by atoms with Gasteiger partial charge in [0.15, 0.2) is 0 Å². The molecule has 1 aliphatic rings. The van der Waals surface area contributed by atoms with Crippen LogP contribution in [0.25, 0.3) is 0 Å². The van der Waals surface area contributed by atoms with Crippen molar-refractivity contribution < 1.29 is 9.85 Å². The van der Waals surface area contributed by atoms with E-state index in [4.69, 9.17) is 0 Å². The van der Waals surface area contributed by atoms with Gasteiger partial charge in [-0.15, -0.1) is 0 Å². The molecule has 0 radical (unpaired) electrons. The Kier molecular flexibility index (Phi) is 5.63. The molecule has 0 spiro atoms. The molecule has 0 atom stereocenters. The maximum Gasteiger partial charge on any atom is 0.301 e. The molecule has 0 heterocycles. The van der Waals surface area contributed by atoms with Gasteiger partial charge in [-0.25, -0.2) is 0 Å². The van der Waals surface area contributed by atoms with E-state index in [1.165, 1.54) is 18.6 Å². The molecule has 1 N–H and O–H groups in total. The van der Waals surface area contributed by atoms with E-state index in [-0.39, 0.29) is 11.4 Å². The number of allylic oxidation sites excluding steroid dienone is 2. The van der Waals surface area contributed by atoms with Gasteiger partial charge in [0, 0.05) is 6.07 Å². The zero-order valence-corrected chi connectivity index (χ0v) is 13.1. The molecule has 0 fully saturated rings. The predicted octanol–water partition coefficient (Wildman–Crippen LogP) is 3.79. The largest absolute Gasteiger partial charge is 0.301 e. The highest BCUT2D eigenvalue weighted by molar-refractivity contribution is 5.99. The number of non-ortho nitro benzene ring substituents is 1. The molecule has 0 unspecified atom stereocenters. The molecular weight excluding hydrogens is 312 g/mol. The first kappa shape index (κ1) is 17.1. The Hall–Kier alpha value is -3.21. The maximum atomic E-state index is 11.0. The third kappa shape index (κ3) is 4.64. The van der Waals surface area contributed by atoms with Gasteiger partial charge in [0.1, 0.15) is 11.4 Å². The molecule has 2 rings (SSSR count). The van der Waals surface area contributed by atoms with Crippen LogP contribution < -0.4 is 5.43 Å². The number of nitrogens with zero attached hydrogens (tertiary/aromatic N) is 3. The van der Waals surface area contributed by atoms with E-state index in [1.807, 2.05) is 0 Å². The molecule has 8 nitrogen and oxygen atoms in total. The van der Waals surface area contributed by atoms with E-state index in [2.05, 4.69) is 28.4 Å². The summed E-state index contributed by atoms with van der Waals surface area (Å²) in [6.45, 7) is 1.68. The van der Waals surface area contributed by atoms with Crippen LogP contribution >= 0.6 is 0 Å². The van der Waals surface area contributed by atoms with Crippen LogP contribution in [0.1, 0.15) is 32.6 Å². The highest BCUT2D eigenvalue weighted by Gasteiger charge is 2.19. The second kappa shape index (κ2) is 7.87. The van der Waals surface area contributed by atoms with Gasteiger partial charge in [-0.2, -0.15) is 5.10 Å². The van der Waals surface area contributed by atoms with Crippen LogP contribution in [0.2, 0.25) is 0 Å². The summed E-state index contributed by atoms with van der Waals surface area (Å²) in [5.41, 5.74) is 3.41. The Labute approximate surface area is 138 Å². The van der Waals surface area contributed by atoms with Crippen molar-refractivity contribution in [3.05, 3.63) is 50.1 Å². The van der Waals surface area contributed by atoms with E-state index >= 15 is 0 Å². The minimum atomic E-state index is -0.696. The monoisotopic (exact) mass is 328 g/mol. The van der Waals surface area contributed by atoms with Crippen LogP contribution in [-0.4, -0.2) is 15.6 Å². The fourth-order valence-electron chi connectivity index (χ4n) is 2.17. The number of nitro benzene ring substituents is 2. The number of nitrogens with one attached hydrogen (secondary N) is 1. The van der Waals surface area contributed by atoms with Crippen molar-refractivity contribution in [1.82, 2.24) is 0 Å². The molecule has 0 saturated carbocycles. The van der Waals surface area contributed by atoms with Crippen LogP contribution in [-0.2, 0) is 0 Å². The number of anilines is 1. The zero-order valence-electron chi connectivity index (χ0n) is 13.1. The van der Waals surface area contributed by atoms with Crippen LogP contribution in [0.3, 0.4) is 0 Å². The Morgan fingerprint density at radius 1 is 1.25 bits per heavy atom. The van der Waals surface area contributed by atoms with Crippen molar-refractivity contribution in [1.29, 1.82) is 0 Å². The van der Waals surface area contributed by atoms with Gasteiger partial charge in [-0.3, -0.25) is 25.7 Å². The van der Waals surface area contributed by atoms with Gasteiger partial charge in [0.25, 0.3) is 5.69 Å². The first-order valence-electron chi connectivity index (χ1n) is 7.41. The third-order valence-corrected chi connectivity index (χ3v) is 3.43. The Balaban J connectivity index is 2.15. The van der Waals surface area contributed by atoms with Crippen LogP contribution in [0, 0.1) is 32.1 Å². The molecule has 124 valence electrons. The molecule has 24 heavy (non-hydrogen) atoms. The standard InChI is InChI=1S/C16H16N4O4/c1-12(7-8-13-5-3-2-4-6-13)17-18-15-10-9-14(19(21)22)11-16(15)20(23)24/h5,9-11,18H,2-4,6H2,1H3/b17-12-. The molecule has 1 aliphatic carbocycles. The molecule has 8 heteroatoms. The molecule has 1 aromatic rings. The van der Waals surface area contributed by atoms with E-state index in [9.17, 15) is 20.2 Å². The normalized spacial score (nSPS) is 14.2. The van der Waals surface area contributed by atoms with Crippen LogP contribution in [0.5, 0.6) is 0 Å². The Morgan fingerprint density at radius 3 is 2.67 bits per heavy atom. The second-order valence-corrected chi connectivity index (χ2v) is 5.25. The van der Waals surface area contributed by atoms with Crippen molar-refractivity contribution in [2.75, 3.05) is 5.43 Å². The van der Waals surface area contributed by atoms with Gasteiger partial charge in [-0.05, 0) is 50.2 Å². The molecule has 0 aromatic heterocycles. The highest BCUT2D eigenvalue weighted by Crippen LogP contribution is 2.28. The van der Waals surface area contributed by atoms with Crippen LogP contribution in [0.15, 0.2) is 34.9 Å². The summed E-state index contributed by atoms with van der Waals surface area (Å²) in [5.74, 6) is 5.93. The number of nitro groups is 2. The van der Waals surface area contributed by atoms with Crippen molar-refractivity contribution in [3.63, 3.8) is 0 Å². The molecular formula is C16H16N4O4. The van der Waals surface area contributed by atoms with E-state index in [0.29, 0.717) is 5.71 Å². The van der Waals surface area contributed by atoms with E-state index in [0.717, 1.165) is 30.9 Å². The lowest BCUT2D eigenvalue weighted by Crippen LogP contribution is -2.00. The van der Waals surface area contributed by atoms with Crippen molar-refractivity contribution >= 4 is 22.8 Å². The summed E-state index contributed by atoms with van der Waals surface area (Å²) in [6, 6.07) is 3.33. The summed E-state index contributed by atoms with van der Waals surface area (Å²) in [4.78, 5) is 20.4. The third-order valence-electron chi connectivity index (χ3n) is 3.43. The minimum absolute atomic E-state index is 0.0728. The Morgan fingerprint density at radius 2 is 2.04 bits per heavy atom. The molecule has 0 bridgehead atoms. The number of benzene rings is 1. The summed E-state index contributed by atoms with van der Waals surface area (Å²) >= 11 is 0. The molecule has 0 saturated heterocycles. The van der Waals surface area contributed by atoms with Crippen molar-refractivity contribution in [2.24, 2.45) is 5.10 Å². The lowest BCUT2D eigenvalue weighted by molar-refractivity contribution is -0.393. The first-order valence-corrected chi connectivity index (χ1v) is 7.41. The minimum Gasteiger partial charge on any atom is -0.271 e. The van der Waals surface area contributed by atoms with Gasteiger partial charge < -0.3 is 0 Å². The maximum absolute atomic E-state index is 11.0. The quantitative estimate of drug-likeness (QED) is 0.391. The summed E-state index contributed by atoms with van der Waals surface area (Å²) in [5, 5.41) is 25.7. The fraction of sp³-hybridized carbons (Fsp3) is 0.312. The second-order valence-electron chi connectivity index (χ2n) is 5.25. The molecule has 0 aliphatic heterocycles. The fourth-order valence-corrected chi connectivity index (χ4v) is 2.17. The average molecular weight is 328 g/mol. The lowest BCUT2D eigenvalue weighted by atomic mass is 10.00. The summed E-state index contributed by atoms with van der Waals surface area (Å²) in [6.07, 6.45) is 6.42. The predicted molar refractivity (Wildman–Crippen MR) is 90.8 cm³/mol. The molecule has 0 amide bonds. The highest BCUT2D eigenvalue weighted by atomic mass is 16.6. The summed E-state index contributed by atoms with van der Waals surface area (Å²) in [7, 11) is 0. The average Bonchev–Trinajstić information content (AvgIpc) is 2.58. The first-order chi connectivity index (χ1) is 11.5. The smallest absolute Gasteiger partial charge is 0.271 e. The zero-order chi connectivity index (χ0) is 17.5. The number of hydrogen-bond donors (Lipinski definition) is 1. The van der Waals surface area contributed by atoms with E-state index in [1.54, 1.807) is 6.92 Å². The number of rotatable bonds is 4.